The van der Waals surface area contributed by atoms with Crippen LogP contribution in [-0.4, -0.2) is 17.4 Å². The van der Waals surface area contributed by atoms with E-state index in [0.29, 0.717) is 48.4 Å². The summed E-state index contributed by atoms with van der Waals surface area (Å²) in [7, 11) is 0. The van der Waals surface area contributed by atoms with Crippen LogP contribution in [0.3, 0.4) is 0 Å². The number of fused-ring (bicyclic) bond motifs is 1. The van der Waals surface area contributed by atoms with Gasteiger partial charge in [-0.25, -0.2) is 8.78 Å². The van der Waals surface area contributed by atoms with Gasteiger partial charge >= 0.3 is 0 Å². The average molecular weight is 440 g/mol. The highest BCUT2D eigenvalue weighted by Crippen LogP contribution is 2.25. The first-order valence-electron chi connectivity index (χ1n) is 9.62. The third-order valence-corrected chi connectivity index (χ3v) is 5.25. The Bertz CT molecular complexity index is 1140. The Morgan fingerprint density at radius 2 is 1.84 bits per heavy atom. The van der Waals surface area contributed by atoms with Gasteiger partial charge in [-0.05, 0) is 65.6 Å². The molecule has 4 nitrogen and oxygen atoms in total. The minimum absolute atomic E-state index is 0. The highest BCUT2D eigenvalue weighted by Gasteiger charge is 2.22. The molecule has 7 heteroatoms. The summed E-state index contributed by atoms with van der Waals surface area (Å²) < 4.78 is 26.6. The van der Waals surface area contributed by atoms with Crippen molar-refractivity contribution in [2.24, 2.45) is 0 Å². The second-order valence-corrected chi connectivity index (χ2v) is 7.30. The molecule has 158 valence electrons. The van der Waals surface area contributed by atoms with Gasteiger partial charge in [0.2, 0.25) is 0 Å². The number of hydrogen-bond acceptors (Lipinski definition) is 3. The van der Waals surface area contributed by atoms with Crippen molar-refractivity contribution < 1.29 is 13.6 Å². The van der Waals surface area contributed by atoms with Gasteiger partial charge in [0.05, 0.1) is 11.6 Å². The highest BCUT2D eigenvalue weighted by molar-refractivity contribution is 6.05. The molecule has 3 aromatic carbocycles. The quantitative estimate of drug-likeness (QED) is 0.617. The molecule has 1 aliphatic rings. The van der Waals surface area contributed by atoms with Crippen LogP contribution in [0.4, 0.5) is 14.5 Å². The maximum Gasteiger partial charge on any atom is 0.255 e. The molecule has 3 aromatic rings. The Kier molecular flexibility index (Phi) is 7.01. The zero-order valence-electron chi connectivity index (χ0n) is 16.6. The normalized spacial score (nSPS) is 12.9. The summed E-state index contributed by atoms with van der Waals surface area (Å²) in [6, 6.07) is 18.4. The molecule has 4 rings (SSSR count). The maximum atomic E-state index is 13.5. The van der Waals surface area contributed by atoms with Crippen LogP contribution in [0.2, 0.25) is 0 Å². The summed E-state index contributed by atoms with van der Waals surface area (Å²) in [6.07, 6.45) is 0.690. The van der Waals surface area contributed by atoms with E-state index >= 15 is 0 Å². The number of anilines is 1. The maximum absolute atomic E-state index is 13.5. The first kappa shape index (κ1) is 22.4. The number of amides is 1. The lowest BCUT2D eigenvalue weighted by Gasteiger charge is -2.30. The Labute approximate surface area is 185 Å². The van der Waals surface area contributed by atoms with Gasteiger partial charge in [-0.2, -0.15) is 5.26 Å². The SMILES string of the molecule is Cl.N#Cc1ccc(NC(=O)c2cccc3c2CCN(Cc2ccc(F)c(F)c2)C3)cc1. The average Bonchev–Trinajstić information content (AvgIpc) is 2.76. The molecule has 0 aliphatic carbocycles. The Morgan fingerprint density at radius 1 is 1.06 bits per heavy atom. The van der Waals surface area contributed by atoms with E-state index in [9.17, 15) is 13.6 Å². The summed E-state index contributed by atoms with van der Waals surface area (Å²) in [6.45, 7) is 1.86. The Balaban J connectivity index is 0.00000272. The van der Waals surface area contributed by atoms with Crippen LogP contribution < -0.4 is 5.32 Å². The van der Waals surface area contributed by atoms with Gasteiger partial charge in [0.1, 0.15) is 0 Å². The van der Waals surface area contributed by atoms with Crippen molar-refractivity contribution in [1.82, 2.24) is 4.90 Å². The van der Waals surface area contributed by atoms with Crippen LogP contribution in [0.15, 0.2) is 60.7 Å². The lowest BCUT2D eigenvalue weighted by Crippen LogP contribution is -2.31. The van der Waals surface area contributed by atoms with E-state index in [1.54, 1.807) is 30.3 Å². The molecule has 31 heavy (non-hydrogen) atoms. The van der Waals surface area contributed by atoms with E-state index in [1.165, 1.54) is 6.07 Å². The number of nitriles is 1. The van der Waals surface area contributed by atoms with Gasteiger partial charge in [-0.15, -0.1) is 12.4 Å². The fourth-order valence-corrected chi connectivity index (χ4v) is 3.74. The monoisotopic (exact) mass is 439 g/mol. The number of rotatable bonds is 4. The third kappa shape index (κ3) is 5.08. The molecule has 1 heterocycles. The minimum atomic E-state index is -0.847. The van der Waals surface area contributed by atoms with E-state index < -0.39 is 11.6 Å². The van der Waals surface area contributed by atoms with Gasteiger partial charge in [0, 0.05) is 30.9 Å². The fourth-order valence-electron chi connectivity index (χ4n) is 3.74. The first-order valence-corrected chi connectivity index (χ1v) is 9.62. The van der Waals surface area contributed by atoms with Crippen LogP contribution >= 0.6 is 12.4 Å². The predicted molar refractivity (Wildman–Crippen MR) is 117 cm³/mol. The third-order valence-electron chi connectivity index (χ3n) is 5.25. The molecule has 0 atom stereocenters. The second kappa shape index (κ2) is 9.69. The lowest BCUT2D eigenvalue weighted by molar-refractivity contribution is 0.102. The topological polar surface area (TPSA) is 56.1 Å². The Hall–Kier alpha value is -3.27. The molecule has 1 N–H and O–H groups in total. The van der Waals surface area contributed by atoms with Gasteiger partial charge < -0.3 is 5.32 Å². The molecule has 0 bridgehead atoms. The molecule has 0 saturated carbocycles. The summed E-state index contributed by atoms with van der Waals surface area (Å²) in [4.78, 5) is 15.0. The molecule has 0 radical (unpaired) electrons. The molecule has 0 aromatic heterocycles. The summed E-state index contributed by atoms with van der Waals surface area (Å²) >= 11 is 0. The Morgan fingerprint density at radius 3 is 2.55 bits per heavy atom. The zero-order chi connectivity index (χ0) is 21.1. The fraction of sp³-hybridized carbons (Fsp3) is 0.167. The van der Waals surface area contributed by atoms with Crippen molar-refractivity contribution in [3.05, 3.63) is 100 Å². The van der Waals surface area contributed by atoms with E-state index in [1.807, 2.05) is 18.2 Å². The van der Waals surface area contributed by atoms with E-state index in [0.717, 1.165) is 17.2 Å². The van der Waals surface area contributed by atoms with Crippen LogP contribution in [0.5, 0.6) is 0 Å². The number of carbonyl (C=O) groups is 1. The largest absolute Gasteiger partial charge is 0.322 e. The molecule has 0 saturated heterocycles. The van der Waals surface area contributed by atoms with Crippen molar-refractivity contribution in [3.8, 4) is 6.07 Å². The zero-order valence-corrected chi connectivity index (χ0v) is 17.4. The first-order chi connectivity index (χ1) is 14.5. The smallest absolute Gasteiger partial charge is 0.255 e. The lowest BCUT2D eigenvalue weighted by atomic mass is 9.93. The summed E-state index contributed by atoms with van der Waals surface area (Å²) in [5, 5.41) is 11.8. The van der Waals surface area contributed by atoms with Crippen LogP contribution in [0.1, 0.15) is 32.6 Å². The van der Waals surface area contributed by atoms with Gasteiger partial charge in [0.15, 0.2) is 11.6 Å². The standard InChI is InChI=1S/C24H19F2N3O.ClH/c25-22-9-6-17(12-23(22)26)14-29-11-10-20-18(15-29)2-1-3-21(20)24(30)28-19-7-4-16(13-27)5-8-19;/h1-9,12H,10-11,14-15H2,(H,28,30);1H. The predicted octanol–water partition coefficient (Wildman–Crippen LogP) is 5.07. The van der Waals surface area contributed by atoms with Gasteiger partial charge in [-0.1, -0.05) is 18.2 Å². The van der Waals surface area contributed by atoms with Crippen molar-refractivity contribution in [3.63, 3.8) is 0 Å². The number of nitrogens with one attached hydrogen (secondary N) is 1. The van der Waals surface area contributed by atoms with Crippen LogP contribution in [0.25, 0.3) is 0 Å². The van der Waals surface area contributed by atoms with Gasteiger partial charge in [0.25, 0.3) is 5.91 Å². The van der Waals surface area contributed by atoms with Crippen molar-refractivity contribution in [1.29, 1.82) is 5.26 Å². The summed E-state index contributed by atoms with van der Waals surface area (Å²) in [5.74, 6) is -1.88. The van der Waals surface area contributed by atoms with E-state index in [-0.39, 0.29) is 18.3 Å². The molecular formula is C24H20ClF2N3O. The number of nitrogens with zero attached hydrogens (tertiary/aromatic N) is 2. The molecular weight excluding hydrogens is 420 g/mol. The number of halogens is 3. The van der Waals surface area contributed by atoms with Crippen LogP contribution in [0, 0.1) is 23.0 Å². The molecule has 1 aliphatic heterocycles. The second-order valence-electron chi connectivity index (χ2n) is 7.30. The number of benzene rings is 3. The van der Waals surface area contributed by atoms with Crippen LogP contribution in [-0.2, 0) is 19.5 Å². The summed E-state index contributed by atoms with van der Waals surface area (Å²) in [5.41, 5.74) is 4.57. The minimum Gasteiger partial charge on any atom is -0.322 e. The molecule has 0 unspecified atom stereocenters. The van der Waals surface area contributed by atoms with Crippen molar-refractivity contribution in [2.75, 3.05) is 11.9 Å². The van der Waals surface area contributed by atoms with E-state index in [2.05, 4.69) is 16.3 Å². The van der Waals surface area contributed by atoms with E-state index in [4.69, 9.17) is 5.26 Å². The van der Waals surface area contributed by atoms with Crippen molar-refractivity contribution in [2.45, 2.75) is 19.5 Å². The highest BCUT2D eigenvalue weighted by atomic mass is 35.5. The van der Waals surface area contributed by atoms with Crippen molar-refractivity contribution >= 4 is 24.0 Å². The molecule has 0 fully saturated rings. The number of hydrogen-bond donors (Lipinski definition) is 1. The van der Waals surface area contributed by atoms with Gasteiger partial charge in [-0.3, -0.25) is 9.69 Å². The molecule has 1 amide bonds. The number of carbonyl (C=O) groups excluding carboxylic acids is 1. The molecule has 0 spiro atoms.